The molecule has 1 unspecified atom stereocenters. The molecule has 1 atom stereocenters. The van der Waals surface area contributed by atoms with Crippen molar-refractivity contribution in [2.24, 2.45) is 17.8 Å². The molecule has 0 aromatic rings. The molecule has 0 aromatic heterocycles. The highest BCUT2D eigenvalue weighted by atomic mass is 16.5. The lowest BCUT2D eigenvalue weighted by Crippen LogP contribution is -2.17. The summed E-state index contributed by atoms with van der Waals surface area (Å²) in [6, 6.07) is 0. The van der Waals surface area contributed by atoms with Gasteiger partial charge in [-0.25, -0.2) is 0 Å². The molecule has 196 valence electrons. The molecule has 0 heterocycles. The zero-order valence-electron chi connectivity index (χ0n) is 22.8. The van der Waals surface area contributed by atoms with E-state index in [1.165, 1.54) is 77.0 Å². The second-order valence-corrected chi connectivity index (χ2v) is 10.8. The third-order valence-corrected chi connectivity index (χ3v) is 6.06. The number of esters is 2. The number of rotatable bonds is 23. The molecule has 0 bridgehead atoms. The van der Waals surface area contributed by atoms with Crippen LogP contribution in [0.25, 0.3) is 0 Å². The molecule has 0 saturated carbocycles. The van der Waals surface area contributed by atoms with E-state index in [-0.39, 0.29) is 17.9 Å². The van der Waals surface area contributed by atoms with Crippen LogP contribution in [0.4, 0.5) is 0 Å². The molecule has 0 aromatic carbocycles. The summed E-state index contributed by atoms with van der Waals surface area (Å²) in [5.74, 6) is 0.824. The van der Waals surface area contributed by atoms with Crippen LogP contribution in [-0.4, -0.2) is 25.2 Å². The molecule has 4 nitrogen and oxygen atoms in total. The Morgan fingerprint density at radius 2 is 0.879 bits per heavy atom. The van der Waals surface area contributed by atoms with Gasteiger partial charge < -0.3 is 9.47 Å². The highest BCUT2D eigenvalue weighted by Gasteiger charge is 2.14. The monoisotopic (exact) mass is 468 g/mol. The number of carbonyl (C=O) groups excluding carboxylic acids is 2. The molecule has 0 fully saturated rings. The summed E-state index contributed by atoms with van der Waals surface area (Å²) >= 11 is 0. The van der Waals surface area contributed by atoms with Gasteiger partial charge in [0.2, 0.25) is 0 Å². The third kappa shape index (κ3) is 23.9. The van der Waals surface area contributed by atoms with Crippen LogP contribution in [0.15, 0.2) is 0 Å². The van der Waals surface area contributed by atoms with E-state index in [0.29, 0.717) is 31.5 Å². The number of carbonyl (C=O) groups is 2. The van der Waals surface area contributed by atoms with Crippen LogP contribution < -0.4 is 0 Å². The van der Waals surface area contributed by atoms with Gasteiger partial charge in [-0.3, -0.25) is 9.59 Å². The fraction of sp³-hybridized carbons (Fsp3) is 0.931. The quantitative estimate of drug-likeness (QED) is 0.111. The van der Waals surface area contributed by atoms with Crippen molar-refractivity contribution in [1.82, 2.24) is 0 Å². The second kappa shape index (κ2) is 22.7. The van der Waals surface area contributed by atoms with E-state index in [9.17, 15) is 9.59 Å². The van der Waals surface area contributed by atoms with Gasteiger partial charge in [0.1, 0.15) is 0 Å². The van der Waals surface area contributed by atoms with Crippen LogP contribution in [0.1, 0.15) is 144 Å². The van der Waals surface area contributed by atoms with Gasteiger partial charge in [-0.15, -0.1) is 0 Å². The largest absolute Gasteiger partial charge is 0.465 e. The van der Waals surface area contributed by atoms with E-state index in [1.807, 2.05) is 6.92 Å². The molecular formula is C29H56O4. The predicted molar refractivity (Wildman–Crippen MR) is 139 cm³/mol. The average Bonchev–Trinajstić information content (AvgIpc) is 2.77. The maximum absolute atomic E-state index is 11.9. The van der Waals surface area contributed by atoms with Gasteiger partial charge in [-0.2, -0.15) is 0 Å². The molecule has 0 rings (SSSR count). The molecule has 0 saturated heterocycles. The first kappa shape index (κ1) is 31.9. The first-order valence-corrected chi connectivity index (χ1v) is 14.1. The summed E-state index contributed by atoms with van der Waals surface area (Å²) in [7, 11) is 0. The number of unbranched alkanes of at least 4 members (excludes halogenated alkanes) is 14. The van der Waals surface area contributed by atoms with Crippen molar-refractivity contribution in [3.8, 4) is 0 Å². The fourth-order valence-corrected chi connectivity index (χ4v) is 3.86. The van der Waals surface area contributed by atoms with Crippen LogP contribution in [-0.2, 0) is 19.1 Å². The normalized spacial score (nSPS) is 12.3. The van der Waals surface area contributed by atoms with E-state index in [4.69, 9.17) is 9.47 Å². The van der Waals surface area contributed by atoms with E-state index >= 15 is 0 Å². The Hall–Kier alpha value is -1.06. The van der Waals surface area contributed by atoms with Crippen molar-refractivity contribution < 1.29 is 19.1 Å². The van der Waals surface area contributed by atoms with Gasteiger partial charge in [-0.05, 0) is 24.7 Å². The van der Waals surface area contributed by atoms with Gasteiger partial charge >= 0.3 is 11.9 Å². The first-order valence-electron chi connectivity index (χ1n) is 14.1. The summed E-state index contributed by atoms with van der Waals surface area (Å²) in [6.45, 7) is 11.4. The van der Waals surface area contributed by atoms with Crippen LogP contribution in [0.2, 0.25) is 0 Å². The second-order valence-electron chi connectivity index (χ2n) is 10.8. The van der Waals surface area contributed by atoms with E-state index < -0.39 is 0 Å². The van der Waals surface area contributed by atoms with Crippen LogP contribution >= 0.6 is 0 Å². The zero-order valence-corrected chi connectivity index (χ0v) is 22.8. The Kier molecular flexibility index (Phi) is 22.0. The SMILES string of the molecule is CC(C)COC(=O)CCCCCCCCCCCCCCCCCC(C)C(=O)OCC(C)C. The first-order chi connectivity index (χ1) is 15.8. The van der Waals surface area contributed by atoms with Gasteiger partial charge in [0.25, 0.3) is 0 Å². The topological polar surface area (TPSA) is 52.6 Å². The van der Waals surface area contributed by atoms with Gasteiger partial charge in [0.15, 0.2) is 0 Å². The van der Waals surface area contributed by atoms with Crippen LogP contribution in [0, 0.1) is 17.8 Å². The minimum Gasteiger partial charge on any atom is -0.465 e. The van der Waals surface area contributed by atoms with E-state index in [2.05, 4.69) is 27.7 Å². The predicted octanol–water partition coefficient (Wildman–Crippen LogP) is 8.65. The molecule has 4 heteroatoms. The van der Waals surface area contributed by atoms with Crippen molar-refractivity contribution in [2.45, 2.75) is 144 Å². The highest BCUT2D eigenvalue weighted by Crippen LogP contribution is 2.16. The Morgan fingerprint density at radius 3 is 1.30 bits per heavy atom. The number of hydrogen-bond acceptors (Lipinski definition) is 4. The maximum Gasteiger partial charge on any atom is 0.308 e. The molecule has 0 radical (unpaired) electrons. The zero-order chi connectivity index (χ0) is 24.7. The average molecular weight is 469 g/mol. The molecule has 0 aliphatic carbocycles. The summed E-state index contributed by atoms with van der Waals surface area (Å²) in [4.78, 5) is 23.4. The molecular weight excluding hydrogens is 412 g/mol. The van der Waals surface area contributed by atoms with Crippen LogP contribution in [0.5, 0.6) is 0 Å². The molecule has 0 spiro atoms. The van der Waals surface area contributed by atoms with Gasteiger partial charge in [-0.1, -0.05) is 125 Å². The van der Waals surface area contributed by atoms with Crippen molar-refractivity contribution in [2.75, 3.05) is 13.2 Å². The minimum atomic E-state index is -0.0302. The lowest BCUT2D eigenvalue weighted by molar-refractivity contribution is -0.149. The maximum atomic E-state index is 11.9. The Bertz CT molecular complexity index is 459. The minimum absolute atomic E-state index is 0.0252. The van der Waals surface area contributed by atoms with E-state index in [1.54, 1.807) is 0 Å². The molecule has 0 amide bonds. The lowest BCUT2D eigenvalue weighted by Gasteiger charge is -2.12. The summed E-state index contributed by atoms with van der Waals surface area (Å²) in [6.07, 6.45) is 20.7. The van der Waals surface area contributed by atoms with Crippen LogP contribution in [0.3, 0.4) is 0 Å². The molecule has 0 aliphatic rings. The highest BCUT2D eigenvalue weighted by molar-refractivity contribution is 5.71. The standard InChI is InChI=1S/C29H56O4/c1-25(2)23-32-28(30)22-20-18-16-14-12-10-8-6-7-9-11-13-15-17-19-21-27(5)29(31)33-24-26(3)4/h25-27H,6-24H2,1-5H3. The molecule has 0 aliphatic heterocycles. The van der Waals surface area contributed by atoms with Crippen molar-refractivity contribution in [1.29, 1.82) is 0 Å². The van der Waals surface area contributed by atoms with Gasteiger partial charge in [0.05, 0.1) is 19.1 Å². The van der Waals surface area contributed by atoms with Gasteiger partial charge in [0, 0.05) is 6.42 Å². The lowest BCUT2D eigenvalue weighted by atomic mass is 10.0. The molecule has 0 N–H and O–H groups in total. The van der Waals surface area contributed by atoms with Crippen molar-refractivity contribution in [3.63, 3.8) is 0 Å². The van der Waals surface area contributed by atoms with Crippen molar-refractivity contribution >= 4 is 11.9 Å². The summed E-state index contributed by atoms with van der Waals surface area (Å²) in [5.41, 5.74) is 0. The fourth-order valence-electron chi connectivity index (χ4n) is 3.86. The Labute approximate surface area is 206 Å². The molecule has 33 heavy (non-hydrogen) atoms. The van der Waals surface area contributed by atoms with E-state index in [0.717, 1.165) is 25.7 Å². The Morgan fingerprint density at radius 1 is 0.515 bits per heavy atom. The third-order valence-electron chi connectivity index (χ3n) is 6.06. The summed E-state index contributed by atoms with van der Waals surface area (Å²) < 4.78 is 10.5. The number of hydrogen-bond donors (Lipinski definition) is 0. The van der Waals surface area contributed by atoms with Crippen molar-refractivity contribution in [3.05, 3.63) is 0 Å². The smallest absolute Gasteiger partial charge is 0.308 e. The Balaban J connectivity index is 3.25. The number of ether oxygens (including phenoxy) is 2. The summed E-state index contributed by atoms with van der Waals surface area (Å²) in [5, 5.41) is 0.